The fourth-order valence-electron chi connectivity index (χ4n) is 1.95. The van der Waals surface area contributed by atoms with E-state index in [1.165, 1.54) is 4.90 Å². The molecule has 0 fully saturated rings. The van der Waals surface area contributed by atoms with Crippen molar-refractivity contribution in [2.45, 2.75) is 26.3 Å². The zero-order valence-electron chi connectivity index (χ0n) is 12.9. The van der Waals surface area contributed by atoms with Crippen LogP contribution in [0.2, 0.25) is 5.02 Å². The molecule has 6 heteroatoms. The molecular formula is C15H22ClN3O2. The second kappa shape index (κ2) is 8.00. The highest BCUT2D eigenvalue weighted by molar-refractivity contribution is 6.31. The Morgan fingerprint density at radius 1 is 1.33 bits per heavy atom. The van der Waals surface area contributed by atoms with Crippen molar-refractivity contribution in [1.82, 2.24) is 10.2 Å². The summed E-state index contributed by atoms with van der Waals surface area (Å²) >= 11 is 5.95. The van der Waals surface area contributed by atoms with Crippen molar-refractivity contribution in [3.8, 4) is 0 Å². The van der Waals surface area contributed by atoms with Crippen LogP contribution >= 0.6 is 11.6 Å². The summed E-state index contributed by atoms with van der Waals surface area (Å²) in [7, 11) is 3.32. The first-order valence-corrected chi connectivity index (χ1v) is 7.27. The summed E-state index contributed by atoms with van der Waals surface area (Å²) in [5.41, 5.74) is 0.865. The lowest BCUT2D eigenvalue weighted by Gasteiger charge is -2.16. The van der Waals surface area contributed by atoms with Crippen LogP contribution < -0.4 is 10.6 Å². The van der Waals surface area contributed by atoms with Crippen LogP contribution in [0.1, 0.15) is 30.6 Å². The summed E-state index contributed by atoms with van der Waals surface area (Å²) in [5, 5.41) is 6.41. The van der Waals surface area contributed by atoms with Crippen molar-refractivity contribution in [3.05, 3.63) is 28.8 Å². The third-order valence-corrected chi connectivity index (χ3v) is 3.17. The van der Waals surface area contributed by atoms with Gasteiger partial charge in [-0.3, -0.25) is 9.59 Å². The highest BCUT2D eigenvalue weighted by Crippen LogP contribution is 2.22. The maximum Gasteiger partial charge on any atom is 0.255 e. The van der Waals surface area contributed by atoms with E-state index in [9.17, 15) is 9.59 Å². The van der Waals surface area contributed by atoms with Crippen LogP contribution in [0.25, 0.3) is 0 Å². The first-order valence-electron chi connectivity index (χ1n) is 6.89. The molecule has 0 aliphatic carbocycles. The maximum atomic E-state index is 12.1. The lowest BCUT2D eigenvalue weighted by molar-refractivity contribution is -0.116. The quantitative estimate of drug-likeness (QED) is 0.848. The Bertz CT molecular complexity index is 518. The molecule has 0 spiro atoms. The molecule has 0 saturated carbocycles. The smallest absolute Gasteiger partial charge is 0.255 e. The Morgan fingerprint density at radius 2 is 2.00 bits per heavy atom. The molecule has 0 bridgehead atoms. The average molecular weight is 312 g/mol. The van der Waals surface area contributed by atoms with E-state index >= 15 is 0 Å². The number of anilines is 1. The average Bonchev–Trinajstić information content (AvgIpc) is 2.38. The first-order chi connectivity index (χ1) is 9.85. The number of amides is 2. The number of rotatable bonds is 6. The van der Waals surface area contributed by atoms with Gasteiger partial charge in [-0.1, -0.05) is 18.5 Å². The molecule has 2 amide bonds. The van der Waals surface area contributed by atoms with Gasteiger partial charge in [0, 0.05) is 31.6 Å². The Kier molecular flexibility index (Phi) is 6.65. The van der Waals surface area contributed by atoms with E-state index in [0.29, 0.717) is 22.7 Å². The van der Waals surface area contributed by atoms with Gasteiger partial charge < -0.3 is 15.5 Å². The number of hydrogen-bond acceptors (Lipinski definition) is 3. The number of benzene rings is 1. The summed E-state index contributed by atoms with van der Waals surface area (Å²) in [6, 6.07) is 4.92. The van der Waals surface area contributed by atoms with E-state index in [2.05, 4.69) is 10.6 Å². The van der Waals surface area contributed by atoms with Crippen LogP contribution in [0, 0.1) is 0 Å². The monoisotopic (exact) mass is 311 g/mol. The van der Waals surface area contributed by atoms with Crippen molar-refractivity contribution in [2.75, 3.05) is 26.0 Å². The number of nitrogens with zero attached hydrogens (tertiary/aromatic N) is 1. The Hall–Kier alpha value is -1.59. The lowest BCUT2D eigenvalue weighted by Crippen LogP contribution is -2.31. The zero-order chi connectivity index (χ0) is 16.0. The van der Waals surface area contributed by atoms with Gasteiger partial charge in [0.15, 0.2) is 0 Å². The third-order valence-electron chi connectivity index (χ3n) is 2.94. The lowest BCUT2D eigenvalue weighted by atomic mass is 10.1. The maximum absolute atomic E-state index is 12.1. The molecule has 0 heterocycles. The van der Waals surface area contributed by atoms with Crippen LogP contribution in [0.15, 0.2) is 18.2 Å². The minimum atomic E-state index is -0.179. The summed E-state index contributed by atoms with van der Waals surface area (Å²) in [4.78, 5) is 25.6. The summed E-state index contributed by atoms with van der Waals surface area (Å²) in [6.45, 7) is 4.72. The van der Waals surface area contributed by atoms with Gasteiger partial charge in [-0.05, 0) is 31.7 Å². The molecule has 0 aliphatic heterocycles. The van der Waals surface area contributed by atoms with Gasteiger partial charge in [0.1, 0.15) is 0 Å². The highest BCUT2D eigenvalue weighted by atomic mass is 35.5. The van der Waals surface area contributed by atoms with Crippen molar-refractivity contribution in [1.29, 1.82) is 0 Å². The predicted molar refractivity (Wildman–Crippen MR) is 85.9 cm³/mol. The normalized spacial score (nSPS) is 11.9. The number of hydrogen-bond donors (Lipinski definition) is 2. The number of carbonyl (C=O) groups excluding carboxylic acids is 2. The number of nitrogens with one attached hydrogen (secondary N) is 2. The van der Waals surface area contributed by atoms with E-state index in [4.69, 9.17) is 11.6 Å². The van der Waals surface area contributed by atoms with Gasteiger partial charge in [0.05, 0.1) is 11.3 Å². The van der Waals surface area contributed by atoms with E-state index in [1.54, 1.807) is 32.3 Å². The largest absolute Gasteiger partial charge is 0.345 e. The van der Waals surface area contributed by atoms with E-state index < -0.39 is 0 Å². The predicted octanol–water partition coefficient (Wildman–Crippen LogP) is 2.37. The molecule has 116 valence electrons. The Labute approximate surface area is 130 Å². The van der Waals surface area contributed by atoms with Gasteiger partial charge in [-0.25, -0.2) is 0 Å². The number of carbonyl (C=O) groups is 2. The van der Waals surface area contributed by atoms with Gasteiger partial charge in [0.25, 0.3) is 5.91 Å². The van der Waals surface area contributed by atoms with Crippen LogP contribution in [0.3, 0.4) is 0 Å². The van der Waals surface area contributed by atoms with E-state index in [1.807, 2.05) is 13.8 Å². The molecule has 0 aliphatic rings. The molecule has 1 unspecified atom stereocenters. The molecule has 21 heavy (non-hydrogen) atoms. The molecule has 1 atom stereocenters. The standard InChI is InChI=1S/C15H22ClN3O2/c1-5-17-10(2)8-14(20)18-13-9-11(16)6-7-12(13)15(21)19(3)4/h6-7,9-10,17H,5,8H2,1-4H3,(H,18,20). The minimum Gasteiger partial charge on any atom is -0.345 e. The molecule has 0 radical (unpaired) electrons. The highest BCUT2D eigenvalue weighted by Gasteiger charge is 2.16. The summed E-state index contributed by atoms with van der Waals surface area (Å²) < 4.78 is 0. The van der Waals surface area contributed by atoms with Crippen LogP contribution in [0.5, 0.6) is 0 Å². The second-order valence-electron chi connectivity index (χ2n) is 5.10. The molecule has 1 aromatic rings. The Balaban J connectivity index is 2.89. The fraction of sp³-hybridized carbons (Fsp3) is 0.467. The first kappa shape index (κ1) is 17.5. The molecule has 1 aromatic carbocycles. The van der Waals surface area contributed by atoms with Gasteiger partial charge in [-0.2, -0.15) is 0 Å². The second-order valence-corrected chi connectivity index (χ2v) is 5.54. The molecule has 1 rings (SSSR count). The van der Waals surface area contributed by atoms with Crippen LogP contribution in [-0.2, 0) is 4.79 Å². The van der Waals surface area contributed by atoms with Crippen molar-refractivity contribution < 1.29 is 9.59 Å². The minimum absolute atomic E-state index is 0.0715. The fourth-order valence-corrected chi connectivity index (χ4v) is 2.12. The summed E-state index contributed by atoms with van der Waals surface area (Å²) in [5.74, 6) is -0.333. The van der Waals surface area contributed by atoms with Crippen molar-refractivity contribution >= 4 is 29.1 Å². The van der Waals surface area contributed by atoms with Crippen LogP contribution in [0.4, 0.5) is 5.69 Å². The zero-order valence-corrected chi connectivity index (χ0v) is 13.6. The van der Waals surface area contributed by atoms with Crippen molar-refractivity contribution in [2.24, 2.45) is 0 Å². The SMILES string of the molecule is CCNC(C)CC(=O)Nc1cc(Cl)ccc1C(=O)N(C)C. The molecular weight excluding hydrogens is 290 g/mol. The number of halogens is 1. The van der Waals surface area contributed by atoms with Gasteiger partial charge in [-0.15, -0.1) is 0 Å². The van der Waals surface area contributed by atoms with E-state index in [0.717, 1.165) is 6.54 Å². The van der Waals surface area contributed by atoms with Crippen LogP contribution in [-0.4, -0.2) is 43.4 Å². The molecule has 0 saturated heterocycles. The topological polar surface area (TPSA) is 61.4 Å². The van der Waals surface area contributed by atoms with Gasteiger partial charge >= 0.3 is 0 Å². The molecule has 5 nitrogen and oxygen atoms in total. The van der Waals surface area contributed by atoms with Gasteiger partial charge in [0.2, 0.25) is 5.91 Å². The van der Waals surface area contributed by atoms with E-state index in [-0.39, 0.29) is 17.9 Å². The molecule has 2 N–H and O–H groups in total. The summed E-state index contributed by atoms with van der Waals surface area (Å²) in [6.07, 6.45) is 0.329. The Morgan fingerprint density at radius 3 is 2.57 bits per heavy atom. The van der Waals surface area contributed by atoms with Crippen molar-refractivity contribution in [3.63, 3.8) is 0 Å². The molecule has 0 aromatic heterocycles. The third kappa shape index (κ3) is 5.36.